The number of hydrogen-bond donors (Lipinski definition) is 0. The van der Waals surface area contributed by atoms with E-state index in [9.17, 15) is 9.59 Å². The first-order valence-corrected chi connectivity index (χ1v) is 6.89. The standard InChI is InChI=1S/C16H18N2O2/c1-11-8-14-15(19)18(10-13-6-4-3-5-7-13)16(20)17(14)9-12(11)2/h3-7,14H,8-10H2,1-2H3. The number of hydrogen-bond acceptors (Lipinski definition) is 2. The highest BCUT2D eigenvalue weighted by atomic mass is 16.2. The maximum absolute atomic E-state index is 12.4. The molecule has 1 fully saturated rings. The maximum atomic E-state index is 12.4. The number of benzene rings is 1. The fourth-order valence-electron chi connectivity index (χ4n) is 2.84. The molecule has 0 aliphatic carbocycles. The lowest BCUT2D eigenvalue weighted by molar-refractivity contribution is -0.128. The smallest absolute Gasteiger partial charge is 0.308 e. The summed E-state index contributed by atoms with van der Waals surface area (Å²) in [6, 6.07) is 9.19. The highest BCUT2D eigenvalue weighted by molar-refractivity contribution is 6.04. The summed E-state index contributed by atoms with van der Waals surface area (Å²) in [5.74, 6) is -0.0642. The average Bonchev–Trinajstić information content (AvgIpc) is 2.66. The van der Waals surface area contributed by atoms with Crippen molar-refractivity contribution in [1.82, 2.24) is 9.80 Å². The van der Waals surface area contributed by atoms with Crippen LogP contribution in [0.25, 0.3) is 0 Å². The van der Waals surface area contributed by atoms with Crippen LogP contribution >= 0.6 is 0 Å². The lowest BCUT2D eigenvalue weighted by Crippen LogP contribution is -2.39. The maximum Gasteiger partial charge on any atom is 0.328 e. The summed E-state index contributed by atoms with van der Waals surface area (Å²) in [5, 5.41) is 0. The quantitative estimate of drug-likeness (QED) is 0.612. The van der Waals surface area contributed by atoms with Crippen LogP contribution in [0.1, 0.15) is 25.8 Å². The van der Waals surface area contributed by atoms with E-state index in [0.29, 0.717) is 19.5 Å². The Hall–Kier alpha value is -2.10. The highest BCUT2D eigenvalue weighted by Crippen LogP contribution is 2.30. The molecule has 1 aromatic rings. The molecular formula is C16H18N2O2. The summed E-state index contributed by atoms with van der Waals surface area (Å²) >= 11 is 0. The minimum atomic E-state index is -0.296. The molecule has 1 unspecified atom stereocenters. The van der Waals surface area contributed by atoms with Crippen molar-refractivity contribution in [1.29, 1.82) is 0 Å². The second-order valence-corrected chi connectivity index (χ2v) is 5.60. The minimum absolute atomic E-state index is 0.0642. The first-order valence-electron chi connectivity index (χ1n) is 6.89. The normalized spacial score (nSPS) is 22.6. The summed E-state index contributed by atoms with van der Waals surface area (Å²) < 4.78 is 0. The Morgan fingerprint density at radius 1 is 1.10 bits per heavy atom. The summed E-state index contributed by atoms with van der Waals surface area (Å²) in [6.07, 6.45) is 0.668. The molecule has 0 spiro atoms. The Kier molecular flexibility index (Phi) is 3.08. The summed E-state index contributed by atoms with van der Waals surface area (Å²) in [7, 11) is 0. The van der Waals surface area contributed by atoms with Crippen LogP contribution in [0.2, 0.25) is 0 Å². The van der Waals surface area contributed by atoms with Gasteiger partial charge >= 0.3 is 6.03 Å². The molecule has 20 heavy (non-hydrogen) atoms. The molecule has 1 atom stereocenters. The zero-order chi connectivity index (χ0) is 14.3. The van der Waals surface area contributed by atoms with E-state index in [0.717, 1.165) is 5.56 Å². The van der Waals surface area contributed by atoms with Gasteiger partial charge in [-0.2, -0.15) is 0 Å². The van der Waals surface area contributed by atoms with Crippen molar-refractivity contribution < 1.29 is 9.59 Å². The monoisotopic (exact) mass is 270 g/mol. The molecular weight excluding hydrogens is 252 g/mol. The number of imide groups is 1. The van der Waals surface area contributed by atoms with Gasteiger partial charge in [0.1, 0.15) is 6.04 Å². The average molecular weight is 270 g/mol. The third kappa shape index (κ3) is 2.01. The largest absolute Gasteiger partial charge is 0.328 e. The van der Waals surface area contributed by atoms with Crippen molar-refractivity contribution in [2.24, 2.45) is 0 Å². The van der Waals surface area contributed by atoms with Gasteiger partial charge in [0.2, 0.25) is 0 Å². The first-order chi connectivity index (χ1) is 9.58. The van der Waals surface area contributed by atoms with Gasteiger partial charge in [-0.1, -0.05) is 41.5 Å². The number of amides is 3. The fourth-order valence-corrected chi connectivity index (χ4v) is 2.84. The van der Waals surface area contributed by atoms with Crippen LogP contribution in [0.15, 0.2) is 41.5 Å². The second-order valence-electron chi connectivity index (χ2n) is 5.60. The Labute approximate surface area is 118 Å². The van der Waals surface area contributed by atoms with Crippen LogP contribution in [-0.2, 0) is 11.3 Å². The molecule has 1 saturated heterocycles. The van der Waals surface area contributed by atoms with E-state index < -0.39 is 0 Å². The first kappa shape index (κ1) is 12.9. The van der Waals surface area contributed by atoms with E-state index in [1.807, 2.05) is 44.2 Å². The molecule has 2 aliphatic heterocycles. The van der Waals surface area contributed by atoms with Crippen molar-refractivity contribution in [3.8, 4) is 0 Å². The van der Waals surface area contributed by atoms with Crippen molar-refractivity contribution >= 4 is 11.9 Å². The summed E-state index contributed by atoms with van der Waals surface area (Å²) in [4.78, 5) is 27.9. The number of fused-ring (bicyclic) bond motifs is 1. The molecule has 4 nitrogen and oxygen atoms in total. The highest BCUT2D eigenvalue weighted by Gasteiger charge is 2.46. The number of carbonyl (C=O) groups excluding carboxylic acids is 2. The van der Waals surface area contributed by atoms with Crippen molar-refractivity contribution in [3.63, 3.8) is 0 Å². The number of carbonyl (C=O) groups is 2. The predicted molar refractivity (Wildman–Crippen MR) is 75.9 cm³/mol. The number of nitrogens with zero attached hydrogens (tertiary/aromatic N) is 2. The van der Waals surface area contributed by atoms with Crippen LogP contribution in [0.4, 0.5) is 4.79 Å². The molecule has 0 bridgehead atoms. The van der Waals surface area contributed by atoms with Gasteiger partial charge in [0.05, 0.1) is 6.54 Å². The number of rotatable bonds is 2. The summed E-state index contributed by atoms with van der Waals surface area (Å²) in [6.45, 7) is 5.02. The van der Waals surface area contributed by atoms with E-state index >= 15 is 0 Å². The van der Waals surface area contributed by atoms with Gasteiger partial charge in [-0.05, 0) is 25.8 Å². The SMILES string of the molecule is CC1=C(C)CN2C(=O)N(Cc3ccccc3)C(=O)C2C1. The predicted octanol–water partition coefficient (Wildman–Crippen LogP) is 2.56. The molecule has 104 valence electrons. The van der Waals surface area contributed by atoms with Gasteiger partial charge in [-0.3, -0.25) is 9.69 Å². The van der Waals surface area contributed by atoms with Crippen molar-refractivity contribution in [2.75, 3.05) is 6.54 Å². The van der Waals surface area contributed by atoms with Gasteiger partial charge in [-0.15, -0.1) is 0 Å². The lowest BCUT2D eigenvalue weighted by atomic mass is 9.97. The Bertz CT molecular complexity index is 560. The molecule has 1 aromatic carbocycles. The van der Waals surface area contributed by atoms with Crippen molar-refractivity contribution in [2.45, 2.75) is 32.9 Å². The Morgan fingerprint density at radius 3 is 2.50 bits per heavy atom. The Morgan fingerprint density at radius 2 is 1.80 bits per heavy atom. The molecule has 0 aromatic heterocycles. The van der Waals surface area contributed by atoms with Gasteiger partial charge < -0.3 is 4.90 Å². The fraction of sp³-hybridized carbons (Fsp3) is 0.375. The molecule has 2 heterocycles. The van der Waals surface area contributed by atoms with Crippen molar-refractivity contribution in [3.05, 3.63) is 47.0 Å². The molecule has 0 N–H and O–H groups in total. The molecule has 0 radical (unpaired) electrons. The van der Waals surface area contributed by atoms with Crippen LogP contribution in [0.3, 0.4) is 0 Å². The van der Waals surface area contributed by atoms with E-state index in [1.165, 1.54) is 16.0 Å². The van der Waals surface area contributed by atoms with Gasteiger partial charge in [0, 0.05) is 6.54 Å². The lowest BCUT2D eigenvalue weighted by Gasteiger charge is -2.28. The minimum Gasteiger partial charge on any atom is -0.308 e. The second kappa shape index (κ2) is 4.78. The summed E-state index contributed by atoms with van der Waals surface area (Å²) in [5.41, 5.74) is 3.41. The third-order valence-electron chi connectivity index (χ3n) is 4.22. The van der Waals surface area contributed by atoms with Gasteiger partial charge in [-0.25, -0.2) is 4.79 Å². The molecule has 2 aliphatic rings. The molecule has 3 amide bonds. The van der Waals surface area contributed by atoms with Crippen LogP contribution < -0.4 is 0 Å². The van der Waals surface area contributed by atoms with Gasteiger partial charge in [0.15, 0.2) is 0 Å². The van der Waals surface area contributed by atoms with E-state index in [-0.39, 0.29) is 18.0 Å². The van der Waals surface area contributed by atoms with Crippen LogP contribution in [0.5, 0.6) is 0 Å². The molecule has 4 heteroatoms. The van der Waals surface area contributed by atoms with E-state index in [4.69, 9.17) is 0 Å². The zero-order valence-electron chi connectivity index (χ0n) is 11.8. The van der Waals surface area contributed by atoms with Crippen LogP contribution in [0, 0.1) is 0 Å². The van der Waals surface area contributed by atoms with Gasteiger partial charge in [0.25, 0.3) is 5.91 Å². The van der Waals surface area contributed by atoms with E-state index in [2.05, 4.69) is 0 Å². The van der Waals surface area contributed by atoms with Crippen LogP contribution in [-0.4, -0.2) is 34.3 Å². The topological polar surface area (TPSA) is 40.6 Å². The number of urea groups is 1. The molecule has 0 saturated carbocycles. The Balaban J connectivity index is 1.83. The zero-order valence-corrected chi connectivity index (χ0v) is 11.8. The third-order valence-corrected chi connectivity index (χ3v) is 4.22. The molecule has 3 rings (SSSR count). The van der Waals surface area contributed by atoms with E-state index in [1.54, 1.807) is 4.90 Å².